The zero-order valence-corrected chi connectivity index (χ0v) is 14.0. The van der Waals surface area contributed by atoms with Crippen molar-refractivity contribution in [2.75, 3.05) is 13.2 Å². The van der Waals surface area contributed by atoms with Gasteiger partial charge < -0.3 is 15.4 Å². The third-order valence-electron chi connectivity index (χ3n) is 4.77. The lowest BCUT2D eigenvalue weighted by Crippen LogP contribution is -2.51. The Morgan fingerprint density at radius 2 is 2.35 bits per heavy atom. The first-order valence-electron chi connectivity index (χ1n) is 8.06. The van der Waals surface area contributed by atoms with Crippen molar-refractivity contribution in [3.05, 3.63) is 22.8 Å². The standard InChI is InChI=1S/C16H21N5OS/c1-10-13-7-11(15-18-4-6-23-15)8-21(12-3-2-5-22-9-12)14(13)20-16(17)19-10/h4,6,8,12-14H,2-3,5,7,9H2,1H3,(H2,17,20). The summed E-state index contributed by atoms with van der Waals surface area (Å²) in [5.74, 6) is 0.643. The molecule has 3 aliphatic heterocycles. The van der Waals surface area contributed by atoms with Crippen molar-refractivity contribution in [1.29, 1.82) is 0 Å². The van der Waals surface area contributed by atoms with E-state index in [0.717, 1.165) is 43.2 Å². The Morgan fingerprint density at radius 1 is 1.43 bits per heavy atom. The van der Waals surface area contributed by atoms with Crippen LogP contribution in [0.5, 0.6) is 0 Å². The molecule has 2 N–H and O–H groups in total. The number of hydrogen-bond acceptors (Lipinski definition) is 7. The molecule has 4 heterocycles. The van der Waals surface area contributed by atoms with Gasteiger partial charge in [-0.05, 0) is 26.2 Å². The van der Waals surface area contributed by atoms with Crippen molar-refractivity contribution >= 4 is 28.6 Å². The second kappa shape index (κ2) is 6.05. The minimum absolute atomic E-state index is 0.0305. The molecule has 1 aromatic heterocycles. The van der Waals surface area contributed by atoms with Crippen molar-refractivity contribution in [1.82, 2.24) is 9.88 Å². The van der Waals surface area contributed by atoms with Crippen molar-refractivity contribution < 1.29 is 4.74 Å². The molecule has 6 nitrogen and oxygen atoms in total. The molecule has 3 unspecified atom stereocenters. The third-order valence-corrected chi connectivity index (χ3v) is 5.62. The highest BCUT2D eigenvalue weighted by Gasteiger charge is 2.39. The van der Waals surface area contributed by atoms with Crippen LogP contribution in [0, 0.1) is 5.92 Å². The average molecular weight is 331 g/mol. The van der Waals surface area contributed by atoms with Gasteiger partial charge >= 0.3 is 0 Å². The molecule has 4 rings (SSSR count). The van der Waals surface area contributed by atoms with Crippen LogP contribution >= 0.6 is 11.3 Å². The van der Waals surface area contributed by atoms with E-state index < -0.39 is 0 Å². The number of aromatic nitrogens is 1. The van der Waals surface area contributed by atoms with Crippen LogP contribution in [0.1, 0.15) is 31.2 Å². The number of nitrogens with two attached hydrogens (primary N) is 1. The first-order valence-corrected chi connectivity index (χ1v) is 8.94. The highest BCUT2D eigenvalue weighted by molar-refractivity contribution is 7.10. The summed E-state index contributed by atoms with van der Waals surface area (Å²) in [6.45, 7) is 3.66. The van der Waals surface area contributed by atoms with Crippen LogP contribution in [0.4, 0.5) is 0 Å². The number of thiazole rings is 1. The van der Waals surface area contributed by atoms with E-state index in [1.807, 2.05) is 11.6 Å². The molecule has 0 saturated carbocycles. The molecular weight excluding hydrogens is 310 g/mol. The van der Waals surface area contributed by atoms with Crippen LogP contribution in [0.2, 0.25) is 0 Å². The predicted octanol–water partition coefficient (Wildman–Crippen LogP) is 2.10. The van der Waals surface area contributed by atoms with E-state index in [9.17, 15) is 0 Å². The summed E-state index contributed by atoms with van der Waals surface area (Å²) in [4.78, 5) is 15.9. The number of allylic oxidation sites excluding steroid dienone is 1. The molecule has 1 saturated heterocycles. The number of hydrogen-bond donors (Lipinski definition) is 1. The molecule has 0 aliphatic carbocycles. The molecule has 0 radical (unpaired) electrons. The largest absolute Gasteiger partial charge is 0.379 e. The van der Waals surface area contributed by atoms with Gasteiger partial charge in [0.25, 0.3) is 0 Å². The van der Waals surface area contributed by atoms with E-state index >= 15 is 0 Å². The Bertz CT molecular complexity index is 660. The van der Waals surface area contributed by atoms with Crippen LogP contribution in [-0.2, 0) is 4.74 Å². The summed E-state index contributed by atoms with van der Waals surface area (Å²) in [5.41, 5.74) is 8.25. The number of aliphatic imine (C=N–C) groups is 2. The maximum Gasteiger partial charge on any atom is 0.217 e. The van der Waals surface area contributed by atoms with Gasteiger partial charge in [-0.25, -0.2) is 15.0 Å². The van der Waals surface area contributed by atoms with Crippen LogP contribution in [0.3, 0.4) is 0 Å². The molecule has 0 aromatic carbocycles. The van der Waals surface area contributed by atoms with Gasteiger partial charge in [0.1, 0.15) is 11.2 Å². The number of guanidine groups is 1. The molecule has 0 bridgehead atoms. The van der Waals surface area contributed by atoms with E-state index in [1.165, 1.54) is 5.57 Å². The minimum Gasteiger partial charge on any atom is -0.379 e. The van der Waals surface area contributed by atoms with Crippen LogP contribution < -0.4 is 5.73 Å². The van der Waals surface area contributed by atoms with Gasteiger partial charge in [-0.2, -0.15) is 0 Å². The molecular formula is C16H21N5OS. The zero-order valence-electron chi connectivity index (χ0n) is 13.2. The fourth-order valence-electron chi connectivity index (χ4n) is 3.61. The number of nitrogens with zero attached hydrogens (tertiary/aromatic N) is 4. The molecule has 23 heavy (non-hydrogen) atoms. The van der Waals surface area contributed by atoms with E-state index in [1.54, 1.807) is 11.3 Å². The lowest BCUT2D eigenvalue weighted by molar-refractivity contribution is 0.0154. The molecule has 1 fully saturated rings. The summed E-state index contributed by atoms with van der Waals surface area (Å²) in [5, 5.41) is 3.11. The van der Waals surface area contributed by atoms with Gasteiger partial charge in [0.15, 0.2) is 0 Å². The molecule has 1 aromatic rings. The average Bonchev–Trinajstić information content (AvgIpc) is 3.09. The maximum absolute atomic E-state index is 5.93. The van der Waals surface area contributed by atoms with Gasteiger partial charge in [0.2, 0.25) is 5.96 Å². The van der Waals surface area contributed by atoms with Crippen molar-refractivity contribution in [2.45, 2.75) is 38.4 Å². The molecule has 3 aliphatic rings. The highest BCUT2D eigenvalue weighted by atomic mass is 32.1. The van der Waals surface area contributed by atoms with E-state index in [0.29, 0.717) is 12.0 Å². The zero-order chi connectivity index (χ0) is 15.8. The van der Waals surface area contributed by atoms with Crippen molar-refractivity contribution in [3.8, 4) is 0 Å². The Balaban J connectivity index is 1.72. The van der Waals surface area contributed by atoms with Crippen LogP contribution in [0.25, 0.3) is 5.57 Å². The summed E-state index contributed by atoms with van der Waals surface area (Å²) >= 11 is 1.68. The van der Waals surface area contributed by atoms with E-state index in [4.69, 9.17) is 10.5 Å². The van der Waals surface area contributed by atoms with Crippen LogP contribution in [0.15, 0.2) is 27.8 Å². The Labute approximate surface area is 139 Å². The quantitative estimate of drug-likeness (QED) is 0.900. The SMILES string of the molecule is CC1=NC(N)=NC2C1CC(c1nccs1)=CN2C1CCCOC1. The Morgan fingerprint density at radius 3 is 3.09 bits per heavy atom. The smallest absolute Gasteiger partial charge is 0.217 e. The monoisotopic (exact) mass is 331 g/mol. The van der Waals surface area contributed by atoms with Gasteiger partial charge in [0.05, 0.1) is 12.6 Å². The lowest BCUT2D eigenvalue weighted by Gasteiger charge is -2.45. The van der Waals surface area contributed by atoms with Gasteiger partial charge in [-0.15, -0.1) is 11.3 Å². The second-order valence-electron chi connectivity index (χ2n) is 6.27. The fourth-order valence-corrected chi connectivity index (χ4v) is 4.27. The first kappa shape index (κ1) is 14.8. The second-order valence-corrected chi connectivity index (χ2v) is 7.17. The fraction of sp³-hybridized carbons (Fsp3) is 0.562. The van der Waals surface area contributed by atoms with E-state index in [-0.39, 0.29) is 12.1 Å². The molecule has 3 atom stereocenters. The summed E-state index contributed by atoms with van der Waals surface area (Å²) in [6, 6.07) is 0.342. The highest BCUT2D eigenvalue weighted by Crippen LogP contribution is 2.38. The normalized spacial score (nSPS) is 31.1. The van der Waals surface area contributed by atoms with Crippen molar-refractivity contribution in [2.24, 2.45) is 21.6 Å². The van der Waals surface area contributed by atoms with Gasteiger partial charge in [-0.1, -0.05) is 0 Å². The molecule has 0 amide bonds. The molecule has 122 valence electrons. The topological polar surface area (TPSA) is 76.1 Å². The molecule has 7 heteroatoms. The van der Waals surface area contributed by atoms with Crippen LogP contribution in [-0.4, -0.2) is 47.0 Å². The summed E-state index contributed by atoms with van der Waals surface area (Å²) < 4.78 is 5.70. The Kier molecular flexibility index (Phi) is 3.90. The van der Waals surface area contributed by atoms with Crippen molar-refractivity contribution in [3.63, 3.8) is 0 Å². The first-order chi connectivity index (χ1) is 11.2. The minimum atomic E-state index is 0.0305. The number of ether oxygens (including phenoxy) is 1. The summed E-state index contributed by atoms with van der Waals surface area (Å²) in [6.07, 6.45) is 7.24. The molecule has 0 spiro atoms. The van der Waals surface area contributed by atoms with Gasteiger partial charge in [-0.3, -0.25) is 0 Å². The lowest BCUT2D eigenvalue weighted by atomic mass is 9.87. The van der Waals surface area contributed by atoms with Gasteiger partial charge in [0, 0.05) is 41.6 Å². The van der Waals surface area contributed by atoms with E-state index in [2.05, 4.69) is 33.0 Å². The summed E-state index contributed by atoms with van der Waals surface area (Å²) in [7, 11) is 0. The maximum atomic E-state index is 5.93. The Hall–Kier alpha value is -1.73. The number of rotatable bonds is 2. The predicted molar refractivity (Wildman–Crippen MR) is 92.4 cm³/mol. The third kappa shape index (κ3) is 2.79. The number of fused-ring (bicyclic) bond motifs is 1.